The molecule has 0 aromatic heterocycles. The van der Waals surface area contributed by atoms with Crippen molar-refractivity contribution in [2.45, 2.75) is 19.1 Å². The molecule has 1 aliphatic rings. The first-order valence-corrected chi connectivity index (χ1v) is 6.01. The van der Waals surface area contributed by atoms with Gasteiger partial charge in [0.1, 0.15) is 0 Å². The number of amides is 1. The molecule has 3 nitrogen and oxygen atoms in total. The second-order valence-electron chi connectivity index (χ2n) is 4.93. The van der Waals surface area contributed by atoms with Crippen LogP contribution in [0.5, 0.6) is 0 Å². The molecule has 1 amide bonds. The van der Waals surface area contributed by atoms with Gasteiger partial charge in [-0.25, -0.2) is 0 Å². The summed E-state index contributed by atoms with van der Waals surface area (Å²) in [5.41, 5.74) is 5.33. The Bertz CT molecular complexity index is 460. The number of hydrogen-bond donors (Lipinski definition) is 1. The second-order valence-corrected chi connectivity index (χ2v) is 4.93. The van der Waals surface area contributed by atoms with Crippen LogP contribution in [0.4, 0.5) is 13.2 Å². The number of nitrogens with two attached hydrogens (primary N) is 1. The van der Waals surface area contributed by atoms with Crippen LogP contribution in [-0.2, 0) is 6.18 Å². The van der Waals surface area contributed by atoms with Crippen molar-refractivity contribution in [1.82, 2.24) is 4.90 Å². The first-order valence-electron chi connectivity index (χ1n) is 6.01. The van der Waals surface area contributed by atoms with Gasteiger partial charge >= 0.3 is 6.18 Å². The standard InChI is InChI=1S/C13H15F3N2O/c1-8-6-18(7-11(8)17)12(19)9-2-4-10(5-3-9)13(14,15)16/h2-5,8,11H,6-7,17H2,1H3. The molecule has 0 radical (unpaired) electrons. The Morgan fingerprint density at radius 1 is 1.26 bits per heavy atom. The third-order valence-corrected chi connectivity index (χ3v) is 3.42. The van der Waals surface area contributed by atoms with Gasteiger partial charge in [0.05, 0.1) is 5.56 Å². The molecule has 1 aromatic carbocycles. The highest BCUT2D eigenvalue weighted by molar-refractivity contribution is 5.94. The van der Waals surface area contributed by atoms with Crippen LogP contribution < -0.4 is 5.73 Å². The molecule has 1 fully saturated rings. The Kier molecular flexibility index (Phi) is 3.54. The minimum absolute atomic E-state index is 0.0709. The number of carbonyl (C=O) groups is 1. The van der Waals surface area contributed by atoms with Crippen LogP contribution in [0.1, 0.15) is 22.8 Å². The van der Waals surface area contributed by atoms with Gasteiger partial charge in [-0.2, -0.15) is 13.2 Å². The molecular formula is C13H15F3N2O. The maximum atomic E-state index is 12.4. The van der Waals surface area contributed by atoms with E-state index in [0.29, 0.717) is 13.1 Å². The molecule has 1 heterocycles. The molecule has 6 heteroatoms. The summed E-state index contributed by atoms with van der Waals surface area (Å²) in [7, 11) is 0. The van der Waals surface area contributed by atoms with Crippen molar-refractivity contribution in [2.24, 2.45) is 11.7 Å². The molecule has 0 bridgehead atoms. The molecule has 0 aliphatic carbocycles. The smallest absolute Gasteiger partial charge is 0.337 e. The number of carbonyl (C=O) groups excluding carboxylic acids is 1. The third kappa shape index (κ3) is 2.89. The Morgan fingerprint density at radius 2 is 1.84 bits per heavy atom. The predicted molar refractivity (Wildman–Crippen MR) is 64.5 cm³/mol. The van der Waals surface area contributed by atoms with Crippen LogP contribution in [0.15, 0.2) is 24.3 Å². The van der Waals surface area contributed by atoms with E-state index in [1.54, 1.807) is 4.90 Å². The maximum Gasteiger partial charge on any atom is 0.416 e. The number of hydrogen-bond acceptors (Lipinski definition) is 2. The zero-order valence-electron chi connectivity index (χ0n) is 10.4. The normalized spacial score (nSPS) is 23.7. The van der Waals surface area contributed by atoms with Crippen molar-refractivity contribution in [3.8, 4) is 0 Å². The highest BCUT2D eigenvalue weighted by atomic mass is 19.4. The highest BCUT2D eigenvalue weighted by Crippen LogP contribution is 2.29. The van der Waals surface area contributed by atoms with Crippen molar-refractivity contribution < 1.29 is 18.0 Å². The zero-order valence-corrected chi connectivity index (χ0v) is 10.4. The Hall–Kier alpha value is -1.56. The lowest BCUT2D eigenvalue weighted by Gasteiger charge is -2.16. The van der Waals surface area contributed by atoms with E-state index in [0.717, 1.165) is 12.1 Å². The van der Waals surface area contributed by atoms with Crippen molar-refractivity contribution in [3.63, 3.8) is 0 Å². The Balaban J connectivity index is 2.13. The zero-order chi connectivity index (χ0) is 14.2. The summed E-state index contributed by atoms with van der Waals surface area (Å²) >= 11 is 0. The van der Waals surface area contributed by atoms with Crippen molar-refractivity contribution in [1.29, 1.82) is 0 Å². The molecular weight excluding hydrogens is 257 g/mol. The van der Waals surface area contributed by atoms with Crippen molar-refractivity contribution in [3.05, 3.63) is 35.4 Å². The Morgan fingerprint density at radius 3 is 2.26 bits per heavy atom. The molecule has 2 unspecified atom stereocenters. The lowest BCUT2D eigenvalue weighted by molar-refractivity contribution is -0.137. The van der Waals surface area contributed by atoms with E-state index in [1.165, 1.54) is 12.1 Å². The van der Waals surface area contributed by atoms with E-state index in [-0.39, 0.29) is 23.4 Å². The summed E-state index contributed by atoms with van der Waals surface area (Å²) in [6.07, 6.45) is -4.38. The average Bonchev–Trinajstić information content (AvgIpc) is 2.68. The monoisotopic (exact) mass is 272 g/mol. The van der Waals surface area contributed by atoms with E-state index in [1.807, 2.05) is 6.92 Å². The lowest BCUT2D eigenvalue weighted by Crippen LogP contribution is -2.32. The Labute approximate surface area is 109 Å². The first-order chi connectivity index (χ1) is 8.79. The van der Waals surface area contributed by atoms with E-state index in [2.05, 4.69) is 0 Å². The molecule has 2 N–H and O–H groups in total. The molecule has 2 rings (SSSR count). The van der Waals surface area contributed by atoms with Crippen molar-refractivity contribution in [2.75, 3.05) is 13.1 Å². The minimum atomic E-state index is -4.38. The fourth-order valence-electron chi connectivity index (χ4n) is 2.14. The molecule has 0 saturated carbocycles. The molecule has 2 atom stereocenters. The van der Waals surface area contributed by atoms with Gasteiger partial charge in [0.15, 0.2) is 0 Å². The number of benzene rings is 1. The molecule has 1 aromatic rings. The van der Waals surface area contributed by atoms with Crippen LogP contribution in [0.25, 0.3) is 0 Å². The van der Waals surface area contributed by atoms with E-state index >= 15 is 0 Å². The summed E-state index contributed by atoms with van der Waals surface area (Å²) in [5.74, 6) is -0.0630. The van der Waals surface area contributed by atoms with Crippen LogP contribution in [0.2, 0.25) is 0 Å². The van der Waals surface area contributed by atoms with Gasteiger partial charge in [0.2, 0.25) is 0 Å². The van der Waals surface area contributed by atoms with Crippen molar-refractivity contribution >= 4 is 5.91 Å². The van der Waals surface area contributed by atoms with Gasteiger partial charge in [-0.15, -0.1) is 0 Å². The first kappa shape index (κ1) is 13.9. The van der Waals surface area contributed by atoms with Gasteiger partial charge in [-0.3, -0.25) is 4.79 Å². The quantitative estimate of drug-likeness (QED) is 0.851. The molecule has 1 saturated heterocycles. The number of nitrogens with zero attached hydrogens (tertiary/aromatic N) is 1. The van der Waals surface area contributed by atoms with Crippen LogP contribution >= 0.6 is 0 Å². The summed E-state index contributed by atoms with van der Waals surface area (Å²) in [4.78, 5) is 13.7. The average molecular weight is 272 g/mol. The predicted octanol–water partition coefficient (Wildman–Crippen LogP) is 2.12. The number of halogens is 3. The van der Waals surface area contributed by atoms with Crippen LogP contribution in [-0.4, -0.2) is 29.9 Å². The summed E-state index contributed by atoms with van der Waals surface area (Å²) < 4.78 is 37.2. The number of alkyl halides is 3. The van der Waals surface area contributed by atoms with Gasteiger partial charge in [-0.05, 0) is 30.2 Å². The molecule has 1 aliphatic heterocycles. The highest BCUT2D eigenvalue weighted by Gasteiger charge is 2.32. The van der Waals surface area contributed by atoms with E-state index < -0.39 is 11.7 Å². The van der Waals surface area contributed by atoms with Gasteiger partial charge < -0.3 is 10.6 Å². The molecule has 19 heavy (non-hydrogen) atoms. The van der Waals surface area contributed by atoms with E-state index in [4.69, 9.17) is 5.73 Å². The summed E-state index contributed by atoms with van der Waals surface area (Å²) in [6.45, 7) is 2.94. The van der Waals surface area contributed by atoms with Crippen LogP contribution in [0, 0.1) is 5.92 Å². The fraction of sp³-hybridized carbons (Fsp3) is 0.462. The third-order valence-electron chi connectivity index (χ3n) is 3.42. The SMILES string of the molecule is CC1CN(C(=O)c2ccc(C(F)(F)F)cc2)CC1N. The second kappa shape index (κ2) is 4.85. The molecule has 104 valence electrons. The lowest BCUT2D eigenvalue weighted by atomic mass is 10.1. The van der Waals surface area contributed by atoms with Gasteiger partial charge in [-0.1, -0.05) is 6.92 Å². The number of rotatable bonds is 1. The van der Waals surface area contributed by atoms with Crippen LogP contribution in [0.3, 0.4) is 0 Å². The maximum absolute atomic E-state index is 12.4. The number of likely N-dealkylation sites (tertiary alicyclic amines) is 1. The summed E-state index contributed by atoms with van der Waals surface area (Å²) in [6, 6.07) is 4.19. The fourth-order valence-corrected chi connectivity index (χ4v) is 2.14. The minimum Gasteiger partial charge on any atom is -0.337 e. The van der Waals surface area contributed by atoms with Gasteiger partial charge in [0.25, 0.3) is 5.91 Å². The summed E-state index contributed by atoms with van der Waals surface area (Å²) in [5, 5.41) is 0. The largest absolute Gasteiger partial charge is 0.416 e. The topological polar surface area (TPSA) is 46.3 Å². The van der Waals surface area contributed by atoms with Gasteiger partial charge in [0, 0.05) is 24.7 Å². The molecule has 0 spiro atoms. The van der Waals surface area contributed by atoms with E-state index in [9.17, 15) is 18.0 Å².